The zero-order valence-electron chi connectivity index (χ0n) is 4.82. The monoisotopic (exact) mass is 202 g/mol. The molecule has 0 amide bonds. The van der Waals surface area contributed by atoms with Gasteiger partial charge in [0, 0.05) is 22.0 Å². The summed E-state index contributed by atoms with van der Waals surface area (Å²) in [4.78, 5) is 13.1. The number of halogens is 1. The first-order chi connectivity index (χ1) is 4.70. The van der Waals surface area contributed by atoms with Gasteiger partial charge in [-0.15, -0.1) is 0 Å². The van der Waals surface area contributed by atoms with Crippen LogP contribution in [-0.2, 0) is 0 Å². The van der Waals surface area contributed by atoms with Gasteiger partial charge in [-0.1, -0.05) is 0 Å². The molecule has 1 aromatic rings. The summed E-state index contributed by atoms with van der Waals surface area (Å²) >= 11 is 3.01. The van der Waals surface area contributed by atoms with Crippen molar-refractivity contribution in [1.82, 2.24) is 4.98 Å². The van der Waals surface area contributed by atoms with Crippen LogP contribution in [-0.4, -0.2) is 9.91 Å². The molecule has 0 aliphatic rings. The molecule has 52 valence electrons. The molecule has 1 aromatic heterocycles. The smallest absolute Gasteiger partial charge is 0.358 e. The van der Waals surface area contributed by atoms with Gasteiger partial charge in [0.15, 0.2) is 0 Å². The van der Waals surface area contributed by atoms with Crippen molar-refractivity contribution in [2.75, 3.05) is 0 Å². The second kappa shape index (κ2) is 2.74. The zero-order chi connectivity index (χ0) is 7.56. The van der Waals surface area contributed by atoms with Crippen molar-refractivity contribution in [3.8, 4) is 0 Å². The van der Waals surface area contributed by atoms with E-state index in [0.29, 0.717) is 4.60 Å². The molecule has 0 fully saturated rings. The number of nitrogens with zero attached hydrogens (tertiary/aromatic N) is 2. The van der Waals surface area contributed by atoms with Gasteiger partial charge < -0.3 is 10.1 Å². The van der Waals surface area contributed by atoms with Crippen molar-refractivity contribution < 1.29 is 4.92 Å². The molecule has 1 rings (SSSR count). The highest BCUT2D eigenvalue weighted by atomic mass is 79.9. The zero-order valence-corrected chi connectivity index (χ0v) is 6.41. The summed E-state index contributed by atoms with van der Waals surface area (Å²) in [5, 5.41) is 10.1. The van der Waals surface area contributed by atoms with Crippen molar-refractivity contribution in [2.24, 2.45) is 0 Å². The van der Waals surface area contributed by atoms with Crippen LogP contribution >= 0.6 is 15.9 Å². The lowest BCUT2D eigenvalue weighted by Crippen LogP contribution is -1.90. The van der Waals surface area contributed by atoms with Crippen LogP contribution in [0.1, 0.15) is 0 Å². The van der Waals surface area contributed by atoms with E-state index in [-0.39, 0.29) is 5.82 Å². The third kappa shape index (κ3) is 1.51. The van der Waals surface area contributed by atoms with Crippen LogP contribution in [0, 0.1) is 10.1 Å². The van der Waals surface area contributed by atoms with Gasteiger partial charge in [0.05, 0.1) is 0 Å². The number of hydrogen-bond acceptors (Lipinski definition) is 3. The van der Waals surface area contributed by atoms with Gasteiger partial charge in [0.25, 0.3) is 0 Å². The number of rotatable bonds is 1. The Morgan fingerprint density at radius 2 is 2.30 bits per heavy atom. The average molecular weight is 203 g/mol. The Labute approximate surface area is 65.2 Å². The second-order valence-corrected chi connectivity index (χ2v) is 2.39. The summed E-state index contributed by atoms with van der Waals surface area (Å²) in [6.07, 6.45) is 0. The molecule has 0 saturated carbocycles. The van der Waals surface area contributed by atoms with E-state index in [1.54, 1.807) is 12.1 Å². The molecule has 4 nitrogen and oxygen atoms in total. The molecule has 5 heteroatoms. The maximum atomic E-state index is 10.1. The third-order valence-corrected chi connectivity index (χ3v) is 1.33. The van der Waals surface area contributed by atoms with Crippen molar-refractivity contribution in [1.29, 1.82) is 0 Å². The predicted molar refractivity (Wildman–Crippen MR) is 38.6 cm³/mol. The molecule has 0 unspecified atom stereocenters. The Kier molecular flexibility index (Phi) is 1.96. The number of aromatic nitrogens is 1. The molecule has 0 aromatic carbocycles. The summed E-state index contributed by atoms with van der Waals surface area (Å²) in [6, 6.07) is 4.53. The predicted octanol–water partition coefficient (Wildman–Crippen LogP) is 1.75. The van der Waals surface area contributed by atoms with Gasteiger partial charge in [-0.2, -0.15) is 0 Å². The van der Waals surface area contributed by atoms with Crippen LogP contribution < -0.4 is 0 Å². The number of nitro groups is 1. The SMILES string of the molecule is O=[N+]([O-])c1cccc(Br)n1. The lowest BCUT2D eigenvalue weighted by molar-refractivity contribution is -0.389. The van der Waals surface area contributed by atoms with E-state index in [4.69, 9.17) is 0 Å². The fourth-order valence-electron chi connectivity index (χ4n) is 0.499. The standard InChI is InChI=1S/C5H3BrN2O2/c6-4-2-1-3-5(7-4)8(9)10/h1-3H. The van der Waals surface area contributed by atoms with Crippen LogP contribution in [0.5, 0.6) is 0 Å². The Bertz CT molecular complexity index is 264. The van der Waals surface area contributed by atoms with Crippen molar-refractivity contribution in [2.45, 2.75) is 0 Å². The molecule has 10 heavy (non-hydrogen) atoms. The topological polar surface area (TPSA) is 56.0 Å². The van der Waals surface area contributed by atoms with Gasteiger partial charge in [-0.25, -0.2) is 0 Å². The molecule has 1 heterocycles. The van der Waals surface area contributed by atoms with Crippen LogP contribution in [0.2, 0.25) is 0 Å². The highest BCUT2D eigenvalue weighted by molar-refractivity contribution is 9.10. The fraction of sp³-hybridized carbons (Fsp3) is 0. The molecule has 0 aliphatic carbocycles. The molecule has 0 aliphatic heterocycles. The number of pyridine rings is 1. The molecular formula is C5H3BrN2O2. The van der Waals surface area contributed by atoms with Crippen LogP contribution in [0.25, 0.3) is 0 Å². The quantitative estimate of drug-likeness (QED) is 0.396. The van der Waals surface area contributed by atoms with Crippen LogP contribution in [0.3, 0.4) is 0 Å². The first-order valence-electron chi connectivity index (χ1n) is 2.47. The van der Waals surface area contributed by atoms with E-state index in [0.717, 1.165) is 0 Å². The van der Waals surface area contributed by atoms with Crippen molar-refractivity contribution in [3.63, 3.8) is 0 Å². The van der Waals surface area contributed by atoms with Crippen LogP contribution in [0.15, 0.2) is 22.8 Å². The van der Waals surface area contributed by atoms with Gasteiger partial charge in [-0.3, -0.25) is 0 Å². The summed E-state index contributed by atoms with van der Waals surface area (Å²) in [7, 11) is 0. The van der Waals surface area contributed by atoms with Gasteiger partial charge in [0.1, 0.15) is 0 Å². The highest BCUT2D eigenvalue weighted by Gasteiger charge is 2.05. The van der Waals surface area contributed by atoms with E-state index in [1.807, 2.05) is 0 Å². The Morgan fingerprint density at radius 1 is 1.60 bits per heavy atom. The third-order valence-electron chi connectivity index (χ3n) is 0.887. The van der Waals surface area contributed by atoms with E-state index in [1.165, 1.54) is 6.07 Å². The first-order valence-corrected chi connectivity index (χ1v) is 3.26. The highest BCUT2D eigenvalue weighted by Crippen LogP contribution is 2.11. The van der Waals surface area contributed by atoms with Crippen LogP contribution in [0.4, 0.5) is 5.82 Å². The largest absolute Gasteiger partial charge is 0.364 e. The van der Waals surface area contributed by atoms with E-state index in [2.05, 4.69) is 20.9 Å². The van der Waals surface area contributed by atoms with Gasteiger partial charge in [-0.05, 0) is 22.0 Å². The molecule has 0 atom stereocenters. The minimum absolute atomic E-state index is 0.144. The van der Waals surface area contributed by atoms with E-state index < -0.39 is 4.92 Å². The minimum Gasteiger partial charge on any atom is -0.358 e. The average Bonchev–Trinajstić information content (AvgIpc) is 1.88. The van der Waals surface area contributed by atoms with Crippen molar-refractivity contribution >= 4 is 21.7 Å². The molecule has 0 saturated heterocycles. The lowest BCUT2D eigenvalue weighted by atomic mass is 10.5. The first kappa shape index (κ1) is 7.14. The summed E-state index contributed by atoms with van der Waals surface area (Å²) < 4.78 is 0.474. The molecule has 0 bridgehead atoms. The number of hydrogen-bond donors (Lipinski definition) is 0. The fourth-order valence-corrected chi connectivity index (χ4v) is 0.834. The summed E-state index contributed by atoms with van der Waals surface area (Å²) in [5.41, 5.74) is 0. The molecular weight excluding hydrogens is 200 g/mol. The maximum Gasteiger partial charge on any atom is 0.364 e. The Balaban J connectivity index is 3.07. The van der Waals surface area contributed by atoms with Gasteiger partial charge in [0.2, 0.25) is 4.60 Å². The molecule has 0 spiro atoms. The lowest BCUT2D eigenvalue weighted by Gasteiger charge is -1.88. The Morgan fingerprint density at radius 3 is 2.70 bits per heavy atom. The molecule has 0 radical (unpaired) electrons. The Hall–Kier alpha value is -0.970. The summed E-state index contributed by atoms with van der Waals surface area (Å²) in [6.45, 7) is 0. The van der Waals surface area contributed by atoms with E-state index in [9.17, 15) is 10.1 Å². The molecule has 0 N–H and O–H groups in total. The normalized spacial score (nSPS) is 9.30. The summed E-state index contributed by atoms with van der Waals surface area (Å²) in [5.74, 6) is -0.144. The second-order valence-electron chi connectivity index (χ2n) is 1.58. The maximum absolute atomic E-state index is 10.1. The van der Waals surface area contributed by atoms with Gasteiger partial charge >= 0.3 is 5.82 Å². The minimum atomic E-state index is -0.537. The van der Waals surface area contributed by atoms with E-state index >= 15 is 0 Å². The van der Waals surface area contributed by atoms with Crippen molar-refractivity contribution in [3.05, 3.63) is 32.9 Å².